The van der Waals surface area contributed by atoms with E-state index >= 15 is 0 Å². The van der Waals surface area contributed by atoms with Crippen molar-refractivity contribution < 1.29 is 4.39 Å². The SMILES string of the molecule is Cc1ccc2c(c1)nc(-c1c(N)cccc1F)n2C1CC1. The van der Waals surface area contributed by atoms with Crippen molar-refractivity contribution in [1.82, 2.24) is 9.55 Å². The highest BCUT2D eigenvalue weighted by Crippen LogP contribution is 2.42. The number of fused-ring (bicyclic) bond motifs is 1. The van der Waals surface area contributed by atoms with Gasteiger partial charge < -0.3 is 10.3 Å². The van der Waals surface area contributed by atoms with Gasteiger partial charge in [-0.2, -0.15) is 0 Å². The van der Waals surface area contributed by atoms with Crippen molar-refractivity contribution in [2.45, 2.75) is 25.8 Å². The van der Waals surface area contributed by atoms with E-state index in [4.69, 9.17) is 5.73 Å². The van der Waals surface area contributed by atoms with Gasteiger partial charge in [0.15, 0.2) is 0 Å². The summed E-state index contributed by atoms with van der Waals surface area (Å²) in [5.74, 6) is 0.331. The molecule has 0 radical (unpaired) electrons. The average molecular weight is 281 g/mol. The standard InChI is InChI=1S/C17H16FN3/c1-10-5-8-15-14(9-10)20-17(21(15)11-6-7-11)16-12(18)3-2-4-13(16)19/h2-5,8-9,11H,6-7,19H2,1H3. The van der Waals surface area contributed by atoms with Gasteiger partial charge in [0, 0.05) is 11.7 Å². The van der Waals surface area contributed by atoms with Crippen LogP contribution in [0.1, 0.15) is 24.4 Å². The second kappa shape index (κ2) is 4.32. The highest BCUT2D eigenvalue weighted by molar-refractivity contribution is 5.84. The molecular weight excluding hydrogens is 265 g/mol. The van der Waals surface area contributed by atoms with Gasteiger partial charge in [-0.25, -0.2) is 9.37 Å². The molecule has 0 unspecified atom stereocenters. The summed E-state index contributed by atoms with van der Waals surface area (Å²) in [6.45, 7) is 2.03. The maximum Gasteiger partial charge on any atom is 0.146 e. The molecular formula is C17H16FN3. The summed E-state index contributed by atoms with van der Waals surface area (Å²) in [5.41, 5.74) is 9.96. The molecule has 4 heteroatoms. The van der Waals surface area contributed by atoms with E-state index in [2.05, 4.69) is 21.7 Å². The van der Waals surface area contributed by atoms with Crippen molar-refractivity contribution in [3.8, 4) is 11.4 Å². The van der Waals surface area contributed by atoms with Gasteiger partial charge >= 0.3 is 0 Å². The molecule has 21 heavy (non-hydrogen) atoms. The van der Waals surface area contributed by atoms with Gasteiger partial charge in [0.1, 0.15) is 11.6 Å². The van der Waals surface area contributed by atoms with E-state index in [0.717, 1.165) is 29.4 Å². The van der Waals surface area contributed by atoms with Crippen LogP contribution in [0, 0.1) is 12.7 Å². The zero-order valence-corrected chi connectivity index (χ0v) is 11.8. The first-order chi connectivity index (χ1) is 10.1. The van der Waals surface area contributed by atoms with Crippen LogP contribution in [0.3, 0.4) is 0 Å². The molecule has 1 fully saturated rings. The Morgan fingerprint density at radius 2 is 2.05 bits per heavy atom. The summed E-state index contributed by atoms with van der Waals surface area (Å²) in [6.07, 6.45) is 2.22. The van der Waals surface area contributed by atoms with Gasteiger partial charge in [0.2, 0.25) is 0 Å². The third-order valence-corrected chi connectivity index (χ3v) is 4.03. The van der Waals surface area contributed by atoms with Crippen LogP contribution >= 0.6 is 0 Å². The number of aromatic nitrogens is 2. The van der Waals surface area contributed by atoms with E-state index in [-0.39, 0.29) is 5.82 Å². The maximum absolute atomic E-state index is 14.3. The Morgan fingerprint density at radius 1 is 1.24 bits per heavy atom. The summed E-state index contributed by atoms with van der Waals surface area (Å²) in [5, 5.41) is 0. The van der Waals surface area contributed by atoms with E-state index in [1.165, 1.54) is 6.07 Å². The maximum atomic E-state index is 14.3. The molecule has 1 heterocycles. The second-order valence-electron chi connectivity index (χ2n) is 5.73. The molecule has 106 valence electrons. The van der Waals surface area contributed by atoms with Gasteiger partial charge in [-0.1, -0.05) is 12.1 Å². The summed E-state index contributed by atoms with van der Waals surface area (Å²) in [7, 11) is 0. The first-order valence-electron chi connectivity index (χ1n) is 7.18. The molecule has 3 aromatic rings. The lowest BCUT2D eigenvalue weighted by molar-refractivity contribution is 0.628. The first kappa shape index (κ1) is 12.4. The third-order valence-electron chi connectivity index (χ3n) is 4.03. The van der Waals surface area contributed by atoms with Crippen LogP contribution in [0.4, 0.5) is 10.1 Å². The lowest BCUT2D eigenvalue weighted by Crippen LogP contribution is -2.02. The first-order valence-corrected chi connectivity index (χ1v) is 7.18. The Bertz CT molecular complexity index is 826. The topological polar surface area (TPSA) is 43.8 Å². The number of anilines is 1. The fraction of sp³-hybridized carbons (Fsp3) is 0.235. The van der Waals surface area contributed by atoms with Crippen molar-refractivity contribution in [2.75, 3.05) is 5.73 Å². The number of nitrogens with two attached hydrogens (primary N) is 1. The molecule has 0 spiro atoms. The Balaban J connectivity index is 2.06. The summed E-state index contributed by atoms with van der Waals surface area (Å²) >= 11 is 0. The van der Waals surface area contributed by atoms with E-state index in [9.17, 15) is 4.39 Å². The second-order valence-corrected chi connectivity index (χ2v) is 5.73. The number of aryl methyl sites for hydroxylation is 1. The van der Waals surface area contributed by atoms with Gasteiger partial charge in [-0.15, -0.1) is 0 Å². The quantitative estimate of drug-likeness (QED) is 0.720. The Kier molecular flexibility index (Phi) is 2.55. The molecule has 1 aromatic heterocycles. The van der Waals surface area contributed by atoms with Crippen LogP contribution < -0.4 is 5.73 Å². The summed E-state index contributed by atoms with van der Waals surface area (Å²) in [6, 6.07) is 11.4. The Hall–Kier alpha value is -2.36. The minimum absolute atomic E-state index is 0.316. The van der Waals surface area contributed by atoms with Crippen LogP contribution in [-0.2, 0) is 0 Å². The lowest BCUT2D eigenvalue weighted by Gasteiger charge is -2.10. The van der Waals surface area contributed by atoms with Crippen LogP contribution in [-0.4, -0.2) is 9.55 Å². The van der Waals surface area contributed by atoms with E-state index < -0.39 is 0 Å². The van der Waals surface area contributed by atoms with Crippen LogP contribution in [0.5, 0.6) is 0 Å². The fourth-order valence-corrected chi connectivity index (χ4v) is 2.86. The monoisotopic (exact) mass is 281 g/mol. The molecule has 0 saturated heterocycles. The van der Waals surface area contributed by atoms with Crippen molar-refractivity contribution in [2.24, 2.45) is 0 Å². The van der Waals surface area contributed by atoms with Gasteiger partial charge in [0.25, 0.3) is 0 Å². The van der Waals surface area contributed by atoms with Crippen LogP contribution in [0.15, 0.2) is 36.4 Å². The average Bonchev–Trinajstić information content (AvgIpc) is 3.20. The molecule has 1 saturated carbocycles. The molecule has 1 aliphatic carbocycles. The number of rotatable bonds is 2. The van der Waals surface area contributed by atoms with Gasteiger partial charge in [-0.05, 0) is 49.6 Å². The van der Waals surface area contributed by atoms with Crippen molar-refractivity contribution in [3.05, 3.63) is 47.8 Å². The lowest BCUT2D eigenvalue weighted by atomic mass is 10.1. The highest BCUT2D eigenvalue weighted by Gasteiger charge is 2.30. The number of nitrogens with zero attached hydrogens (tertiary/aromatic N) is 2. The molecule has 1 aliphatic rings. The van der Waals surface area contributed by atoms with Gasteiger partial charge in [0.05, 0.1) is 16.6 Å². The van der Waals surface area contributed by atoms with Crippen molar-refractivity contribution >= 4 is 16.7 Å². The number of nitrogen functional groups attached to an aromatic ring is 1. The van der Waals surface area contributed by atoms with E-state index in [1.807, 2.05) is 13.0 Å². The highest BCUT2D eigenvalue weighted by atomic mass is 19.1. The Labute approximate surface area is 122 Å². The minimum Gasteiger partial charge on any atom is -0.398 e. The van der Waals surface area contributed by atoms with Crippen molar-refractivity contribution in [1.29, 1.82) is 0 Å². The molecule has 3 nitrogen and oxygen atoms in total. The van der Waals surface area contributed by atoms with E-state index in [1.54, 1.807) is 12.1 Å². The van der Waals surface area contributed by atoms with Crippen LogP contribution in [0.25, 0.3) is 22.4 Å². The molecule has 0 aliphatic heterocycles. The van der Waals surface area contributed by atoms with Crippen LogP contribution in [0.2, 0.25) is 0 Å². The van der Waals surface area contributed by atoms with E-state index in [0.29, 0.717) is 23.1 Å². The summed E-state index contributed by atoms with van der Waals surface area (Å²) in [4.78, 5) is 4.67. The molecule has 0 bridgehead atoms. The molecule has 0 atom stereocenters. The number of imidazole rings is 1. The third kappa shape index (κ3) is 1.90. The molecule has 2 aromatic carbocycles. The predicted molar refractivity (Wildman–Crippen MR) is 82.5 cm³/mol. The minimum atomic E-state index is -0.316. The number of hydrogen-bond acceptors (Lipinski definition) is 2. The Morgan fingerprint density at radius 3 is 2.76 bits per heavy atom. The zero-order chi connectivity index (χ0) is 14.6. The molecule has 0 amide bonds. The molecule has 4 rings (SSSR count). The van der Waals surface area contributed by atoms with Gasteiger partial charge in [-0.3, -0.25) is 0 Å². The summed E-state index contributed by atoms with van der Waals surface area (Å²) < 4.78 is 16.4. The largest absolute Gasteiger partial charge is 0.398 e. The fourth-order valence-electron chi connectivity index (χ4n) is 2.86. The zero-order valence-electron chi connectivity index (χ0n) is 11.8. The number of hydrogen-bond donors (Lipinski definition) is 1. The number of benzene rings is 2. The number of halogens is 1. The normalized spacial score (nSPS) is 14.8. The predicted octanol–water partition coefficient (Wildman–Crippen LogP) is 4.07. The molecule has 2 N–H and O–H groups in total. The smallest absolute Gasteiger partial charge is 0.146 e. The van der Waals surface area contributed by atoms with Crippen molar-refractivity contribution in [3.63, 3.8) is 0 Å².